The van der Waals surface area contributed by atoms with Gasteiger partial charge in [0.25, 0.3) is 0 Å². The number of carbonyl (C=O) groups excluding carboxylic acids is 2. The minimum atomic E-state index is -0.571. The summed E-state index contributed by atoms with van der Waals surface area (Å²) < 4.78 is 15.1. The van der Waals surface area contributed by atoms with Crippen LogP contribution >= 0.6 is 0 Å². The van der Waals surface area contributed by atoms with E-state index >= 15 is 0 Å². The second kappa shape index (κ2) is 7.71. The summed E-state index contributed by atoms with van der Waals surface area (Å²) in [6.45, 7) is 0. The van der Waals surface area contributed by atoms with Gasteiger partial charge >= 0.3 is 0 Å². The molecule has 0 bridgehead atoms. The summed E-state index contributed by atoms with van der Waals surface area (Å²) in [5.41, 5.74) is 2.41. The van der Waals surface area contributed by atoms with E-state index in [1.807, 2.05) is 41.3 Å². The molecule has 2 unspecified atom stereocenters. The Hall–Kier alpha value is -4.07. The molecule has 7 nitrogen and oxygen atoms in total. The van der Waals surface area contributed by atoms with Crippen LogP contribution in [0.1, 0.15) is 37.3 Å². The van der Waals surface area contributed by atoms with E-state index in [2.05, 4.69) is 15.4 Å². The number of halogens is 1. The van der Waals surface area contributed by atoms with Crippen molar-refractivity contribution in [2.45, 2.75) is 37.8 Å². The largest absolute Gasteiger partial charge is 0.350 e. The van der Waals surface area contributed by atoms with Crippen molar-refractivity contribution >= 4 is 28.5 Å². The zero-order valence-electron chi connectivity index (χ0n) is 19.5. The van der Waals surface area contributed by atoms with Crippen LogP contribution in [0.25, 0.3) is 16.7 Å². The summed E-state index contributed by atoms with van der Waals surface area (Å²) in [5, 5.41) is 8.49. The molecule has 1 saturated heterocycles. The Bertz CT molecular complexity index is 1490. The van der Waals surface area contributed by atoms with Crippen LogP contribution in [0, 0.1) is 17.2 Å². The summed E-state index contributed by atoms with van der Waals surface area (Å²) >= 11 is 0. The van der Waals surface area contributed by atoms with E-state index in [1.165, 1.54) is 12.1 Å². The highest BCUT2D eigenvalue weighted by Crippen LogP contribution is 2.60. The predicted molar refractivity (Wildman–Crippen MR) is 132 cm³/mol. The number of hydrogen-bond acceptors (Lipinski definition) is 4. The summed E-state index contributed by atoms with van der Waals surface area (Å²) in [7, 11) is 0. The van der Waals surface area contributed by atoms with Crippen molar-refractivity contribution in [1.29, 1.82) is 0 Å². The third-order valence-corrected chi connectivity index (χ3v) is 7.75. The number of amides is 2. The van der Waals surface area contributed by atoms with E-state index < -0.39 is 5.41 Å². The minimum Gasteiger partial charge on any atom is -0.350 e. The zero-order chi connectivity index (χ0) is 24.4. The van der Waals surface area contributed by atoms with Gasteiger partial charge in [0.1, 0.15) is 5.82 Å². The second-order valence-corrected chi connectivity index (χ2v) is 10.1. The molecule has 2 amide bonds. The van der Waals surface area contributed by atoms with E-state index in [0.29, 0.717) is 17.0 Å². The molecule has 2 saturated carbocycles. The molecule has 1 N–H and O–H groups in total. The Morgan fingerprint density at radius 1 is 1.00 bits per heavy atom. The van der Waals surface area contributed by atoms with Gasteiger partial charge in [0.15, 0.2) is 5.65 Å². The molecule has 2 aromatic carbocycles. The third-order valence-electron chi connectivity index (χ3n) is 7.75. The number of aromatic nitrogens is 3. The standard InChI is InChI=1S/C28H24FN5O2/c29-20-8-10-21(11-9-20)34-25-19(15-31-34)14-22(16-30-25)33-23(17-4-2-1-3-5-17)24(28(12-13-28)27(33)36)32-26(35)18-6-7-18/h1-5,8-11,14-16,18,23-24H,6-7,12-13H2,(H,32,35). The summed E-state index contributed by atoms with van der Waals surface area (Å²) in [5.74, 6) is -0.167. The van der Waals surface area contributed by atoms with E-state index in [4.69, 9.17) is 0 Å². The topological polar surface area (TPSA) is 80.1 Å². The Morgan fingerprint density at radius 3 is 2.44 bits per heavy atom. The summed E-state index contributed by atoms with van der Waals surface area (Å²) in [6, 6.07) is 17.3. The third kappa shape index (κ3) is 3.24. The quantitative estimate of drug-likeness (QED) is 0.460. The zero-order valence-corrected chi connectivity index (χ0v) is 19.5. The van der Waals surface area contributed by atoms with Gasteiger partial charge in [0, 0.05) is 11.3 Å². The molecule has 180 valence electrons. The highest BCUT2D eigenvalue weighted by molar-refractivity contribution is 6.05. The lowest BCUT2D eigenvalue weighted by atomic mass is 9.91. The number of pyridine rings is 1. The van der Waals surface area contributed by atoms with Crippen molar-refractivity contribution in [1.82, 2.24) is 20.1 Å². The molecule has 2 atom stereocenters. The Balaban J connectivity index is 1.31. The van der Waals surface area contributed by atoms with Crippen LogP contribution in [0.15, 0.2) is 73.1 Å². The van der Waals surface area contributed by atoms with Gasteiger partial charge in [-0.15, -0.1) is 0 Å². The van der Waals surface area contributed by atoms with Crippen molar-refractivity contribution in [3.05, 3.63) is 84.4 Å². The Morgan fingerprint density at radius 2 is 1.75 bits per heavy atom. The average molecular weight is 482 g/mol. The maximum Gasteiger partial charge on any atom is 0.236 e. The Kier molecular flexibility index (Phi) is 4.55. The number of nitrogens with zero attached hydrogens (tertiary/aromatic N) is 4. The number of anilines is 1. The van der Waals surface area contributed by atoms with Crippen LogP contribution in [0.3, 0.4) is 0 Å². The molecule has 1 aliphatic heterocycles. The molecule has 8 heteroatoms. The van der Waals surface area contributed by atoms with Gasteiger partial charge in [-0.2, -0.15) is 5.10 Å². The van der Waals surface area contributed by atoms with Gasteiger partial charge in [0.05, 0.1) is 41.3 Å². The van der Waals surface area contributed by atoms with E-state index in [1.54, 1.807) is 29.2 Å². The fourth-order valence-corrected chi connectivity index (χ4v) is 5.53. The predicted octanol–water partition coefficient (Wildman–Crippen LogP) is 4.32. The van der Waals surface area contributed by atoms with E-state index in [-0.39, 0.29) is 35.6 Å². The highest BCUT2D eigenvalue weighted by Gasteiger charge is 2.67. The second-order valence-electron chi connectivity index (χ2n) is 10.1. The normalized spacial score (nSPS) is 22.4. The fourth-order valence-electron chi connectivity index (χ4n) is 5.53. The molecule has 0 radical (unpaired) electrons. The van der Waals surface area contributed by atoms with Gasteiger partial charge in [-0.05, 0) is 61.6 Å². The number of benzene rings is 2. The lowest BCUT2D eigenvalue weighted by molar-refractivity contribution is -0.124. The number of hydrogen-bond donors (Lipinski definition) is 1. The van der Waals surface area contributed by atoms with Gasteiger partial charge < -0.3 is 10.2 Å². The van der Waals surface area contributed by atoms with Crippen molar-refractivity contribution < 1.29 is 14.0 Å². The van der Waals surface area contributed by atoms with Crippen molar-refractivity contribution in [2.24, 2.45) is 11.3 Å². The first-order chi connectivity index (χ1) is 17.5. The summed E-state index contributed by atoms with van der Waals surface area (Å²) in [4.78, 5) is 33.3. The van der Waals surface area contributed by atoms with Crippen molar-refractivity contribution in [3.8, 4) is 5.69 Å². The van der Waals surface area contributed by atoms with Gasteiger partial charge in [-0.3, -0.25) is 9.59 Å². The molecular formula is C28H24FN5O2. The first kappa shape index (κ1) is 21.2. The fraction of sp³-hybridized carbons (Fsp3) is 0.286. The van der Waals surface area contributed by atoms with E-state index in [9.17, 15) is 14.0 Å². The Labute approximate surface area is 206 Å². The SMILES string of the molecule is O=C(NC1C(c2ccccc2)N(c2cnc3c(cnn3-c3ccc(F)cc3)c2)C(=O)C12CC2)C1CC1. The van der Waals surface area contributed by atoms with Crippen LogP contribution in [-0.4, -0.2) is 32.6 Å². The minimum absolute atomic E-state index is 0.0320. The smallest absolute Gasteiger partial charge is 0.236 e. The molecule has 3 fully saturated rings. The van der Waals surface area contributed by atoms with Crippen molar-refractivity contribution in [3.63, 3.8) is 0 Å². The highest BCUT2D eigenvalue weighted by atomic mass is 19.1. The van der Waals surface area contributed by atoms with Gasteiger partial charge in [-0.1, -0.05) is 30.3 Å². The monoisotopic (exact) mass is 481 g/mol. The first-order valence-corrected chi connectivity index (χ1v) is 12.3. The molecule has 2 aliphatic carbocycles. The van der Waals surface area contributed by atoms with Crippen molar-refractivity contribution in [2.75, 3.05) is 4.90 Å². The molecule has 36 heavy (non-hydrogen) atoms. The molecular weight excluding hydrogens is 457 g/mol. The number of fused-ring (bicyclic) bond motifs is 1. The average Bonchev–Trinajstić information content (AvgIpc) is 3.82. The molecule has 2 aromatic heterocycles. The van der Waals surface area contributed by atoms with Gasteiger partial charge in [0.2, 0.25) is 11.8 Å². The molecule has 4 aromatic rings. The maximum absolute atomic E-state index is 13.9. The molecule has 7 rings (SSSR count). The summed E-state index contributed by atoms with van der Waals surface area (Å²) in [6.07, 6.45) is 6.75. The maximum atomic E-state index is 13.9. The van der Waals surface area contributed by atoms with E-state index in [0.717, 1.165) is 36.6 Å². The van der Waals surface area contributed by atoms with Crippen LogP contribution in [-0.2, 0) is 9.59 Å². The number of nitrogens with one attached hydrogen (secondary N) is 1. The molecule has 3 heterocycles. The number of rotatable bonds is 5. The lowest BCUT2D eigenvalue weighted by Gasteiger charge is -2.29. The van der Waals surface area contributed by atoms with Gasteiger partial charge in [-0.25, -0.2) is 14.1 Å². The van der Waals surface area contributed by atoms with Crippen LogP contribution in [0.2, 0.25) is 0 Å². The van der Waals surface area contributed by atoms with Crippen LogP contribution in [0.5, 0.6) is 0 Å². The molecule has 1 spiro atoms. The van der Waals surface area contributed by atoms with Crippen LogP contribution < -0.4 is 10.2 Å². The molecule has 3 aliphatic rings. The number of carbonyl (C=O) groups is 2. The first-order valence-electron chi connectivity index (χ1n) is 12.3. The lowest BCUT2D eigenvalue weighted by Crippen LogP contribution is -2.44. The van der Waals surface area contributed by atoms with Crippen LogP contribution in [0.4, 0.5) is 10.1 Å².